The molecule has 1 aliphatic heterocycles. The summed E-state index contributed by atoms with van der Waals surface area (Å²) in [5.74, 6) is 0.572. The monoisotopic (exact) mass is 437 g/mol. The van der Waals surface area contributed by atoms with Gasteiger partial charge in [0.25, 0.3) is 0 Å². The number of halogens is 3. The number of aromatic nitrogens is 6. The zero-order valence-electron chi connectivity index (χ0n) is 16.0. The summed E-state index contributed by atoms with van der Waals surface area (Å²) in [5.41, 5.74) is -0.770. The van der Waals surface area contributed by atoms with Crippen LogP contribution in [-0.2, 0) is 17.5 Å². The molecule has 1 aliphatic rings. The second-order valence-electron chi connectivity index (χ2n) is 6.36. The minimum absolute atomic E-state index is 0.0936. The number of ether oxygens (including phenoxy) is 1. The topological polar surface area (TPSA) is 81.8 Å². The van der Waals surface area contributed by atoms with Crippen molar-refractivity contribution in [1.82, 2.24) is 29.7 Å². The van der Waals surface area contributed by atoms with E-state index in [-0.39, 0.29) is 16.5 Å². The van der Waals surface area contributed by atoms with Crippen molar-refractivity contribution in [2.45, 2.75) is 29.8 Å². The number of pyridine rings is 1. The average molecular weight is 437 g/mol. The second-order valence-corrected chi connectivity index (χ2v) is 7.34. The van der Waals surface area contributed by atoms with Gasteiger partial charge in [-0.1, -0.05) is 6.07 Å². The molecule has 0 amide bonds. The minimum Gasteiger partial charge on any atom is -0.378 e. The number of hydrogen-bond acceptors (Lipinski definition) is 8. The second kappa shape index (κ2) is 8.56. The van der Waals surface area contributed by atoms with E-state index in [1.165, 1.54) is 6.20 Å². The lowest BCUT2D eigenvalue weighted by molar-refractivity contribution is -0.141. The van der Waals surface area contributed by atoms with Gasteiger partial charge in [0.1, 0.15) is 16.4 Å². The average Bonchev–Trinajstić information content (AvgIpc) is 3.16. The van der Waals surface area contributed by atoms with E-state index in [4.69, 9.17) is 4.74 Å². The van der Waals surface area contributed by atoms with E-state index in [9.17, 15) is 13.2 Å². The molecule has 0 spiro atoms. The zero-order valence-corrected chi connectivity index (χ0v) is 16.8. The van der Waals surface area contributed by atoms with Gasteiger partial charge in [-0.25, -0.2) is 9.97 Å². The van der Waals surface area contributed by atoms with Crippen LogP contribution in [0.4, 0.5) is 19.1 Å². The first-order valence-corrected chi connectivity index (χ1v) is 10.1. The predicted octanol–water partition coefficient (Wildman–Crippen LogP) is 3.16. The third-order valence-corrected chi connectivity index (χ3v) is 5.29. The predicted molar refractivity (Wildman–Crippen MR) is 103 cm³/mol. The van der Waals surface area contributed by atoms with Crippen LogP contribution < -0.4 is 4.90 Å². The summed E-state index contributed by atoms with van der Waals surface area (Å²) in [7, 11) is 0. The maximum Gasteiger partial charge on any atom is 0.433 e. The number of nitrogens with zero attached hydrogens (tertiary/aromatic N) is 7. The summed E-state index contributed by atoms with van der Waals surface area (Å²) in [6.07, 6.45) is -3.13. The Hall–Kier alpha value is -2.73. The molecule has 0 atom stereocenters. The molecule has 1 saturated heterocycles. The molecule has 0 N–H and O–H groups in total. The zero-order chi connectivity index (χ0) is 21.1. The Morgan fingerprint density at radius 1 is 1.13 bits per heavy atom. The van der Waals surface area contributed by atoms with Gasteiger partial charge in [-0.05, 0) is 30.8 Å². The fraction of sp³-hybridized carbons (Fsp3) is 0.389. The van der Waals surface area contributed by atoms with E-state index in [0.717, 1.165) is 17.8 Å². The molecule has 1 fully saturated rings. The fourth-order valence-corrected chi connectivity index (χ4v) is 3.85. The molecule has 4 heterocycles. The Labute approximate surface area is 174 Å². The van der Waals surface area contributed by atoms with Gasteiger partial charge in [0, 0.05) is 31.9 Å². The molecule has 4 rings (SSSR count). The molecule has 3 aromatic heterocycles. The van der Waals surface area contributed by atoms with Gasteiger partial charge in [-0.2, -0.15) is 13.2 Å². The van der Waals surface area contributed by atoms with Crippen molar-refractivity contribution in [3.63, 3.8) is 0 Å². The largest absolute Gasteiger partial charge is 0.433 e. The van der Waals surface area contributed by atoms with Gasteiger partial charge in [0.15, 0.2) is 11.0 Å². The molecule has 158 valence electrons. The smallest absolute Gasteiger partial charge is 0.378 e. The normalized spacial score (nSPS) is 14.9. The van der Waals surface area contributed by atoms with Crippen molar-refractivity contribution < 1.29 is 17.9 Å². The van der Waals surface area contributed by atoms with Gasteiger partial charge < -0.3 is 9.64 Å². The van der Waals surface area contributed by atoms with Crippen LogP contribution in [0.5, 0.6) is 0 Å². The van der Waals surface area contributed by atoms with Gasteiger partial charge >= 0.3 is 6.18 Å². The van der Waals surface area contributed by atoms with Crippen LogP contribution >= 0.6 is 11.8 Å². The van der Waals surface area contributed by atoms with E-state index < -0.39 is 11.9 Å². The van der Waals surface area contributed by atoms with Crippen LogP contribution in [-0.4, -0.2) is 56.0 Å². The number of morpholine rings is 1. The third kappa shape index (κ3) is 4.38. The summed E-state index contributed by atoms with van der Waals surface area (Å²) >= 11 is 1.02. The molecule has 0 bridgehead atoms. The third-order valence-electron chi connectivity index (χ3n) is 4.39. The molecular formula is C18H18F3N7OS. The fourth-order valence-electron chi connectivity index (χ4n) is 2.96. The molecule has 12 heteroatoms. The molecule has 0 aromatic carbocycles. The first kappa shape index (κ1) is 20.5. The highest BCUT2D eigenvalue weighted by Crippen LogP contribution is 2.34. The van der Waals surface area contributed by atoms with Crippen molar-refractivity contribution in [3.05, 3.63) is 36.2 Å². The van der Waals surface area contributed by atoms with Crippen LogP contribution in [0.2, 0.25) is 0 Å². The van der Waals surface area contributed by atoms with Crippen molar-refractivity contribution in [1.29, 1.82) is 0 Å². The number of alkyl halides is 3. The van der Waals surface area contributed by atoms with Crippen molar-refractivity contribution in [2.24, 2.45) is 0 Å². The highest BCUT2D eigenvalue weighted by Gasteiger charge is 2.34. The molecule has 0 saturated carbocycles. The quantitative estimate of drug-likeness (QED) is 0.563. The Kier molecular flexibility index (Phi) is 5.86. The molecule has 0 unspecified atom stereocenters. The lowest BCUT2D eigenvalue weighted by Gasteiger charge is -2.27. The van der Waals surface area contributed by atoms with Crippen LogP contribution in [0.25, 0.3) is 11.5 Å². The lowest BCUT2D eigenvalue weighted by atomic mass is 10.3. The molecule has 8 nitrogen and oxygen atoms in total. The van der Waals surface area contributed by atoms with Crippen LogP contribution in [0, 0.1) is 0 Å². The Bertz CT molecular complexity index is 1010. The highest BCUT2D eigenvalue weighted by atomic mass is 32.2. The molecule has 30 heavy (non-hydrogen) atoms. The molecular weight excluding hydrogens is 419 g/mol. The summed E-state index contributed by atoms with van der Waals surface area (Å²) < 4.78 is 47.5. The number of rotatable bonds is 5. The van der Waals surface area contributed by atoms with Crippen molar-refractivity contribution >= 4 is 17.7 Å². The highest BCUT2D eigenvalue weighted by molar-refractivity contribution is 7.99. The maximum absolute atomic E-state index is 13.4. The standard InChI is InChI=1S/C18H18F3N7OS/c1-2-28-16(27-7-9-29-10-8-27)25-26-17(28)30-14-11-13(18(19,20)21)23-15(24-14)12-5-3-4-6-22-12/h3-6,11H,2,7-10H2,1H3. The van der Waals surface area contributed by atoms with E-state index >= 15 is 0 Å². The number of hydrogen-bond donors (Lipinski definition) is 0. The minimum atomic E-state index is -4.61. The summed E-state index contributed by atoms with van der Waals surface area (Å²) in [6, 6.07) is 5.82. The first-order valence-electron chi connectivity index (χ1n) is 9.27. The van der Waals surface area contributed by atoms with Crippen LogP contribution in [0.3, 0.4) is 0 Å². The molecule has 0 aliphatic carbocycles. The van der Waals surface area contributed by atoms with Gasteiger partial charge in [0.2, 0.25) is 5.95 Å². The van der Waals surface area contributed by atoms with E-state index in [2.05, 4.69) is 25.1 Å². The van der Waals surface area contributed by atoms with Crippen LogP contribution in [0.15, 0.2) is 40.6 Å². The summed E-state index contributed by atoms with van der Waals surface area (Å²) in [4.78, 5) is 14.1. The van der Waals surface area contributed by atoms with E-state index in [0.29, 0.717) is 44.0 Å². The van der Waals surface area contributed by atoms with E-state index in [1.54, 1.807) is 18.2 Å². The van der Waals surface area contributed by atoms with Crippen LogP contribution in [0.1, 0.15) is 12.6 Å². The molecule has 3 aromatic rings. The Morgan fingerprint density at radius 3 is 2.60 bits per heavy atom. The lowest BCUT2D eigenvalue weighted by Crippen LogP contribution is -2.38. The van der Waals surface area contributed by atoms with Gasteiger partial charge in [-0.3, -0.25) is 9.55 Å². The van der Waals surface area contributed by atoms with Crippen molar-refractivity contribution in [2.75, 3.05) is 31.2 Å². The first-order chi connectivity index (χ1) is 14.5. The maximum atomic E-state index is 13.4. The summed E-state index contributed by atoms with van der Waals surface area (Å²) in [6.45, 7) is 5.03. The van der Waals surface area contributed by atoms with E-state index in [1.807, 2.05) is 16.4 Å². The molecule has 0 radical (unpaired) electrons. The SMILES string of the molecule is CCn1c(Sc2cc(C(F)(F)F)nc(-c3ccccn3)n2)nnc1N1CCOCC1. The Balaban J connectivity index is 1.70. The van der Waals surface area contributed by atoms with Gasteiger partial charge in [0.05, 0.1) is 13.2 Å². The number of anilines is 1. The van der Waals surface area contributed by atoms with Crippen molar-refractivity contribution in [3.8, 4) is 11.5 Å². The Morgan fingerprint density at radius 2 is 1.93 bits per heavy atom. The van der Waals surface area contributed by atoms with Gasteiger partial charge in [-0.15, -0.1) is 10.2 Å². The summed E-state index contributed by atoms with van der Waals surface area (Å²) in [5, 5.41) is 9.01.